The van der Waals surface area contributed by atoms with Gasteiger partial charge in [0.15, 0.2) is 0 Å². The molecule has 84 valence electrons. The summed E-state index contributed by atoms with van der Waals surface area (Å²) >= 11 is 0. The molecule has 0 spiro atoms. The van der Waals surface area contributed by atoms with Crippen molar-refractivity contribution in [1.29, 1.82) is 0 Å². The second-order valence-corrected chi connectivity index (χ2v) is 3.57. The van der Waals surface area contributed by atoms with Gasteiger partial charge < -0.3 is 14.7 Å². The Hall–Kier alpha value is -1.97. The Morgan fingerprint density at radius 2 is 2.19 bits per heavy atom. The van der Waals surface area contributed by atoms with Gasteiger partial charge in [-0.05, 0) is 37.6 Å². The Morgan fingerprint density at radius 1 is 1.38 bits per heavy atom. The van der Waals surface area contributed by atoms with Crippen LogP contribution in [0.1, 0.15) is 12.5 Å². The van der Waals surface area contributed by atoms with E-state index in [-0.39, 0.29) is 5.69 Å². The number of hydrogen-bond donors (Lipinski definition) is 2. The molecule has 0 atom stereocenters. The molecule has 2 rings (SSSR count). The summed E-state index contributed by atoms with van der Waals surface area (Å²) in [5.74, 6) is 0.879. The summed E-state index contributed by atoms with van der Waals surface area (Å²) in [4.78, 5) is 16.3. The molecule has 0 aliphatic carbocycles. The topological polar surface area (TPSA) is 57.9 Å². The molecule has 0 unspecified atom stereocenters. The number of rotatable bonds is 3. The number of ether oxygens (including phenoxy) is 1. The maximum atomic E-state index is 11.0. The van der Waals surface area contributed by atoms with Crippen LogP contribution in [-0.2, 0) is 0 Å². The highest BCUT2D eigenvalue weighted by Gasteiger charge is 2.04. The van der Waals surface area contributed by atoms with Crippen molar-refractivity contribution in [3.8, 4) is 17.0 Å². The van der Waals surface area contributed by atoms with Crippen molar-refractivity contribution < 1.29 is 4.74 Å². The molecule has 4 nitrogen and oxygen atoms in total. The molecule has 0 amide bonds. The van der Waals surface area contributed by atoms with Gasteiger partial charge in [-0.2, -0.15) is 0 Å². The first-order valence-corrected chi connectivity index (χ1v) is 5.22. The molecule has 1 aromatic carbocycles. The third-order valence-electron chi connectivity index (χ3n) is 2.38. The zero-order valence-corrected chi connectivity index (χ0v) is 9.33. The van der Waals surface area contributed by atoms with Crippen LogP contribution in [0.25, 0.3) is 11.3 Å². The highest BCUT2D eigenvalue weighted by atomic mass is 16.5. The van der Waals surface area contributed by atoms with Gasteiger partial charge in [0.1, 0.15) is 5.75 Å². The molecule has 2 aromatic rings. The predicted molar refractivity (Wildman–Crippen MR) is 62.8 cm³/mol. The largest absolute Gasteiger partial charge is 0.494 e. The second-order valence-electron chi connectivity index (χ2n) is 3.57. The molecule has 2 N–H and O–H groups in total. The minimum absolute atomic E-state index is 0.193. The molecule has 1 aromatic heterocycles. The lowest BCUT2D eigenvalue weighted by Crippen LogP contribution is -2.00. The molecule has 0 saturated heterocycles. The van der Waals surface area contributed by atoms with Gasteiger partial charge in [0.25, 0.3) is 0 Å². The predicted octanol–water partition coefficient (Wildman–Crippen LogP) is 2.08. The zero-order chi connectivity index (χ0) is 11.5. The number of benzene rings is 1. The molecule has 16 heavy (non-hydrogen) atoms. The highest BCUT2D eigenvalue weighted by molar-refractivity contribution is 5.61. The third-order valence-corrected chi connectivity index (χ3v) is 2.38. The maximum Gasteiger partial charge on any atom is 0.323 e. The van der Waals surface area contributed by atoms with E-state index in [0.29, 0.717) is 6.61 Å². The fourth-order valence-corrected chi connectivity index (χ4v) is 1.62. The van der Waals surface area contributed by atoms with Crippen molar-refractivity contribution in [3.05, 3.63) is 40.4 Å². The van der Waals surface area contributed by atoms with Crippen molar-refractivity contribution in [2.24, 2.45) is 0 Å². The molecule has 0 fully saturated rings. The van der Waals surface area contributed by atoms with Gasteiger partial charge in [-0.25, -0.2) is 4.79 Å². The fourth-order valence-electron chi connectivity index (χ4n) is 1.62. The summed E-state index contributed by atoms with van der Waals surface area (Å²) in [7, 11) is 0. The number of aromatic nitrogens is 2. The highest BCUT2D eigenvalue weighted by Crippen LogP contribution is 2.24. The van der Waals surface area contributed by atoms with Crippen LogP contribution in [0.2, 0.25) is 0 Å². The van der Waals surface area contributed by atoms with E-state index in [1.54, 1.807) is 6.20 Å². The van der Waals surface area contributed by atoms with Crippen molar-refractivity contribution in [2.45, 2.75) is 13.8 Å². The summed E-state index contributed by atoms with van der Waals surface area (Å²) < 4.78 is 5.45. The Morgan fingerprint density at radius 3 is 2.75 bits per heavy atom. The smallest absolute Gasteiger partial charge is 0.323 e. The van der Waals surface area contributed by atoms with Gasteiger partial charge in [0, 0.05) is 11.8 Å². The Bertz CT molecular complexity index is 540. The summed E-state index contributed by atoms with van der Waals surface area (Å²) in [5.41, 5.74) is 2.62. The summed E-state index contributed by atoms with van der Waals surface area (Å²) in [5, 5.41) is 0. The Labute approximate surface area is 93.3 Å². The minimum Gasteiger partial charge on any atom is -0.494 e. The Balaban J connectivity index is 2.37. The normalized spacial score (nSPS) is 10.4. The van der Waals surface area contributed by atoms with Gasteiger partial charge in [-0.15, -0.1) is 0 Å². The lowest BCUT2D eigenvalue weighted by molar-refractivity contribution is 0.338. The number of H-pyrrole nitrogens is 2. The first kappa shape index (κ1) is 10.5. The second kappa shape index (κ2) is 4.26. The van der Waals surface area contributed by atoms with Crippen molar-refractivity contribution >= 4 is 0 Å². The number of aromatic amines is 2. The van der Waals surface area contributed by atoms with Crippen LogP contribution in [0.4, 0.5) is 0 Å². The van der Waals surface area contributed by atoms with E-state index in [2.05, 4.69) is 9.97 Å². The number of nitrogens with one attached hydrogen (secondary N) is 2. The zero-order valence-electron chi connectivity index (χ0n) is 9.33. The summed E-state index contributed by atoms with van der Waals surface area (Å²) in [6.45, 7) is 4.59. The molecule has 0 radical (unpaired) electrons. The van der Waals surface area contributed by atoms with Gasteiger partial charge in [-0.3, -0.25) is 0 Å². The van der Waals surface area contributed by atoms with Crippen LogP contribution in [-0.4, -0.2) is 16.6 Å². The first-order chi connectivity index (χ1) is 7.70. The van der Waals surface area contributed by atoms with Crippen LogP contribution in [0, 0.1) is 6.92 Å². The standard InChI is InChI=1S/C12H14N2O2/c1-3-16-11-5-4-9(6-8(11)2)10-7-13-12(15)14-10/h4-7H,3H2,1-2H3,(H2,13,14,15). The lowest BCUT2D eigenvalue weighted by atomic mass is 10.1. The van der Waals surface area contributed by atoms with Gasteiger partial charge in [0.05, 0.1) is 12.3 Å². The number of imidazole rings is 1. The molecule has 0 bridgehead atoms. The molecule has 0 aliphatic rings. The van der Waals surface area contributed by atoms with Crippen molar-refractivity contribution in [1.82, 2.24) is 9.97 Å². The van der Waals surface area contributed by atoms with Gasteiger partial charge >= 0.3 is 5.69 Å². The quantitative estimate of drug-likeness (QED) is 0.828. The lowest BCUT2D eigenvalue weighted by Gasteiger charge is -2.07. The molecule has 0 aliphatic heterocycles. The van der Waals surface area contributed by atoms with E-state index in [1.165, 1.54) is 0 Å². The minimum atomic E-state index is -0.193. The van der Waals surface area contributed by atoms with E-state index in [9.17, 15) is 4.79 Å². The molecular formula is C12H14N2O2. The molecule has 4 heteroatoms. The summed E-state index contributed by atoms with van der Waals surface area (Å²) in [6.07, 6.45) is 1.66. The van der Waals surface area contributed by atoms with Crippen LogP contribution < -0.4 is 10.4 Å². The monoisotopic (exact) mass is 218 g/mol. The van der Waals surface area contributed by atoms with E-state index >= 15 is 0 Å². The third kappa shape index (κ3) is 2.00. The molecular weight excluding hydrogens is 204 g/mol. The fraction of sp³-hybridized carbons (Fsp3) is 0.250. The molecule has 1 heterocycles. The number of aryl methyl sites for hydroxylation is 1. The summed E-state index contributed by atoms with van der Waals surface area (Å²) in [6, 6.07) is 5.83. The number of hydrogen-bond acceptors (Lipinski definition) is 2. The van der Waals surface area contributed by atoms with E-state index in [1.807, 2.05) is 32.0 Å². The SMILES string of the molecule is CCOc1ccc(-c2c[nH]c(=O)[nH]2)cc1C. The van der Waals surface area contributed by atoms with Crippen LogP contribution in [0.15, 0.2) is 29.2 Å². The average molecular weight is 218 g/mol. The van der Waals surface area contributed by atoms with Gasteiger partial charge in [0.2, 0.25) is 0 Å². The van der Waals surface area contributed by atoms with Crippen LogP contribution in [0.3, 0.4) is 0 Å². The van der Waals surface area contributed by atoms with E-state index < -0.39 is 0 Å². The Kier molecular flexibility index (Phi) is 2.81. The van der Waals surface area contributed by atoms with Crippen LogP contribution >= 0.6 is 0 Å². The van der Waals surface area contributed by atoms with E-state index in [0.717, 1.165) is 22.6 Å². The maximum absolute atomic E-state index is 11.0. The average Bonchev–Trinajstić information content (AvgIpc) is 2.68. The van der Waals surface area contributed by atoms with Crippen molar-refractivity contribution in [2.75, 3.05) is 6.61 Å². The van der Waals surface area contributed by atoms with Crippen molar-refractivity contribution in [3.63, 3.8) is 0 Å². The molecule has 0 saturated carbocycles. The van der Waals surface area contributed by atoms with Crippen LogP contribution in [0.5, 0.6) is 5.75 Å². The van der Waals surface area contributed by atoms with E-state index in [4.69, 9.17) is 4.74 Å². The van der Waals surface area contributed by atoms with Gasteiger partial charge in [-0.1, -0.05) is 0 Å². The first-order valence-electron chi connectivity index (χ1n) is 5.22.